The number of carbonyl (C=O) groups excluding carboxylic acids is 1. The van der Waals surface area contributed by atoms with Gasteiger partial charge < -0.3 is 9.84 Å². The Balaban J connectivity index is 2.92. The maximum Gasteiger partial charge on any atom is 0.419 e. The number of carbonyl (C=O) groups is 1. The van der Waals surface area contributed by atoms with E-state index in [1.807, 2.05) is 0 Å². The molecule has 0 spiro atoms. The topological polar surface area (TPSA) is 46.5 Å². The molecule has 19 heavy (non-hydrogen) atoms. The van der Waals surface area contributed by atoms with Gasteiger partial charge >= 0.3 is 12.1 Å². The molecule has 1 N–H and O–H groups in total. The minimum absolute atomic E-state index is 0.00928. The first-order valence-electron chi connectivity index (χ1n) is 5.81. The zero-order chi connectivity index (χ0) is 14.6. The van der Waals surface area contributed by atoms with Gasteiger partial charge in [-0.2, -0.15) is 13.2 Å². The molecule has 0 saturated heterocycles. The predicted octanol–water partition coefficient (Wildman–Crippen LogP) is 3.22. The summed E-state index contributed by atoms with van der Waals surface area (Å²) in [6.07, 6.45) is -4.47. The van der Waals surface area contributed by atoms with Crippen molar-refractivity contribution in [2.24, 2.45) is 0 Å². The summed E-state index contributed by atoms with van der Waals surface area (Å²) in [5.41, 5.74) is -0.601. The van der Waals surface area contributed by atoms with Crippen LogP contribution in [0.2, 0.25) is 0 Å². The molecule has 0 bridgehead atoms. The molecule has 0 amide bonds. The van der Waals surface area contributed by atoms with Gasteiger partial charge in [-0.25, -0.2) is 0 Å². The second-order valence-corrected chi connectivity index (χ2v) is 4.11. The summed E-state index contributed by atoms with van der Waals surface area (Å²) in [5, 5.41) is 9.41. The molecule has 0 aliphatic rings. The number of esters is 1. The molecule has 0 aliphatic heterocycles. The maximum absolute atomic E-state index is 12.7. The van der Waals surface area contributed by atoms with Crippen molar-refractivity contribution >= 4 is 5.97 Å². The molecule has 6 heteroatoms. The highest BCUT2D eigenvalue weighted by molar-refractivity contribution is 5.69. The Kier molecular flexibility index (Phi) is 4.80. The monoisotopic (exact) mass is 276 g/mol. The van der Waals surface area contributed by atoms with E-state index in [9.17, 15) is 23.1 Å². The van der Waals surface area contributed by atoms with Crippen LogP contribution in [0, 0.1) is 6.92 Å². The summed E-state index contributed by atoms with van der Waals surface area (Å²) in [6, 6.07) is 2.30. The SMILES string of the molecule is CCOC(=O)CCc1cc(C)c(O)c(C(F)(F)F)c1. The Labute approximate surface area is 109 Å². The lowest BCUT2D eigenvalue weighted by atomic mass is 10.0. The third kappa shape index (κ3) is 4.15. The Bertz CT molecular complexity index is 467. The highest BCUT2D eigenvalue weighted by Crippen LogP contribution is 2.38. The predicted molar refractivity (Wildman–Crippen MR) is 62.8 cm³/mol. The van der Waals surface area contributed by atoms with Crippen molar-refractivity contribution in [1.82, 2.24) is 0 Å². The molecule has 1 aromatic rings. The van der Waals surface area contributed by atoms with Crippen molar-refractivity contribution in [2.45, 2.75) is 32.9 Å². The number of aryl methyl sites for hydroxylation is 2. The smallest absolute Gasteiger partial charge is 0.419 e. The number of phenolic OH excluding ortho intramolecular Hbond substituents is 1. The van der Waals surface area contributed by atoms with E-state index >= 15 is 0 Å². The van der Waals surface area contributed by atoms with Crippen LogP contribution in [0.15, 0.2) is 12.1 Å². The maximum atomic E-state index is 12.7. The molecule has 0 unspecified atom stereocenters. The quantitative estimate of drug-likeness (QED) is 0.859. The molecule has 0 saturated carbocycles. The van der Waals surface area contributed by atoms with Gasteiger partial charge in [0.25, 0.3) is 0 Å². The zero-order valence-electron chi connectivity index (χ0n) is 10.7. The summed E-state index contributed by atoms with van der Waals surface area (Å²) >= 11 is 0. The van der Waals surface area contributed by atoms with E-state index in [1.165, 1.54) is 13.0 Å². The van der Waals surface area contributed by atoms with Crippen LogP contribution in [0.4, 0.5) is 13.2 Å². The Hall–Kier alpha value is -1.72. The second kappa shape index (κ2) is 5.95. The van der Waals surface area contributed by atoms with Gasteiger partial charge in [0.05, 0.1) is 12.2 Å². The fraction of sp³-hybridized carbons (Fsp3) is 0.462. The van der Waals surface area contributed by atoms with E-state index in [2.05, 4.69) is 0 Å². The molecule has 1 rings (SSSR count). The standard InChI is InChI=1S/C13H15F3O3/c1-3-19-11(17)5-4-9-6-8(2)12(18)10(7-9)13(14,15)16/h6-7,18H,3-5H2,1-2H3. The van der Waals surface area contributed by atoms with Crippen LogP contribution in [-0.4, -0.2) is 17.7 Å². The summed E-state index contributed by atoms with van der Waals surface area (Å²) < 4.78 is 42.7. The van der Waals surface area contributed by atoms with Crippen molar-refractivity contribution in [3.63, 3.8) is 0 Å². The van der Waals surface area contributed by atoms with Gasteiger partial charge in [-0.15, -0.1) is 0 Å². The van der Waals surface area contributed by atoms with Gasteiger partial charge in [-0.1, -0.05) is 6.07 Å². The number of hydrogen-bond acceptors (Lipinski definition) is 3. The normalized spacial score (nSPS) is 11.4. The van der Waals surface area contributed by atoms with E-state index in [4.69, 9.17) is 4.74 Å². The van der Waals surface area contributed by atoms with Gasteiger partial charge in [-0.05, 0) is 37.5 Å². The van der Waals surface area contributed by atoms with E-state index in [1.54, 1.807) is 6.92 Å². The first-order valence-corrected chi connectivity index (χ1v) is 5.81. The van der Waals surface area contributed by atoms with Crippen LogP contribution >= 0.6 is 0 Å². The second-order valence-electron chi connectivity index (χ2n) is 4.11. The Morgan fingerprint density at radius 2 is 2.00 bits per heavy atom. The van der Waals surface area contributed by atoms with Crippen molar-refractivity contribution in [1.29, 1.82) is 0 Å². The molecule has 0 aromatic heterocycles. The first-order chi connectivity index (χ1) is 8.75. The molecular weight excluding hydrogens is 261 g/mol. The number of ether oxygens (including phenoxy) is 1. The third-order valence-corrected chi connectivity index (χ3v) is 2.59. The van der Waals surface area contributed by atoms with Crippen molar-refractivity contribution in [2.75, 3.05) is 6.61 Å². The van der Waals surface area contributed by atoms with E-state index in [0.717, 1.165) is 6.07 Å². The zero-order valence-corrected chi connectivity index (χ0v) is 10.7. The van der Waals surface area contributed by atoms with Crippen molar-refractivity contribution in [3.05, 3.63) is 28.8 Å². The number of halogens is 3. The van der Waals surface area contributed by atoms with Gasteiger partial charge in [0.15, 0.2) is 0 Å². The Morgan fingerprint density at radius 3 is 2.53 bits per heavy atom. The molecule has 3 nitrogen and oxygen atoms in total. The van der Waals surface area contributed by atoms with Gasteiger partial charge in [0.1, 0.15) is 5.75 Å². The number of aromatic hydroxyl groups is 1. The number of rotatable bonds is 4. The minimum atomic E-state index is -4.62. The van der Waals surface area contributed by atoms with Crippen LogP contribution in [0.25, 0.3) is 0 Å². The largest absolute Gasteiger partial charge is 0.507 e. The number of benzene rings is 1. The van der Waals surface area contributed by atoms with Crippen LogP contribution < -0.4 is 0 Å². The number of phenols is 1. The molecule has 106 valence electrons. The number of alkyl halides is 3. The van der Waals surface area contributed by atoms with E-state index in [-0.39, 0.29) is 25.0 Å². The molecule has 0 fully saturated rings. The fourth-order valence-electron chi connectivity index (χ4n) is 1.69. The lowest BCUT2D eigenvalue weighted by Crippen LogP contribution is -2.09. The lowest BCUT2D eigenvalue weighted by Gasteiger charge is -2.13. The van der Waals surface area contributed by atoms with Gasteiger partial charge in [0, 0.05) is 6.42 Å². The average molecular weight is 276 g/mol. The average Bonchev–Trinajstić information content (AvgIpc) is 2.29. The molecule has 0 aliphatic carbocycles. The van der Waals surface area contributed by atoms with E-state index in [0.29, 0.717) is 5.56 Å². The summed E-state index contributed by atoms with van der Waals surface area (Å²) in [6.45, 7) is 3.28. The highest BCUT2D eigenvalue weighted by atomic mass is 19.4. The Morgan fingerprint density at radius 1 is 1.37 bits per heavy atom. The molecule has 0 radical (unpaired) electrons. The number of hydrogen-bond donors (Lipinski definition) is 1. The van der Waals surface area contributed by atoms with Crippen LogP contribution in [0.3, 0.4) is 0 Å². The molecule has 1 aromatic carbocycles. The van der Waals surface area contributed by atoms with E-state index < -0.39 is 23.5 Å². The molecule has 0 heterocycles. The molecule has 0 atom stereocenters. The van der Waals surface area contributed by atoms with Crippen LogP contribution in [0.5, 0.6) is 5.75 Å². The third-order valence-electron chi connectivity index (χ3n) is 2.59. The van der Waals surface area contributed by atoms with Crippen LogP contribution in [-0.2, 0) is 22.1 Å². The molecular formula is C13H15F3O3. The summed E-state index contributed by atoms with van der Waals surface area (Å²) in [5.74, 6) is -1.23. The van der Waals surface area contributed by atoms with Gasteiger partial charge in [-0.3, -0.25) is 4.79 Å². The summed E-state index contributed by atoms with van der Waals surface area (Å²) in [4.78, 5) is 11.2. The summed E-state index contributed by atoms with van der Waals surface area (Å²) in [7, 11) is 0. The highest BCUT2D eigenvalue weighted by Gasteiger charge is 2.34. The van der Waals surface area contributed by atoms with Gasteiger partial charge in [0.2, 0.25) is 0 Å². The van der Waals surface area contributed by atoms with Crippen molar-refractivity contribution < 1.29 is 27.8 Å². The van der Waals surface area contributed by atoms with Crippen LogP contribution in [0.1, 0.15) is 30.0 Å². The fourth-order valence-corrected chi connectivity index (χ4v) is 1.69. The lowest BCUT2D eigenvalue weighted by molar-refractivity contribution is -0.143. The first kappa shape index (κ1) is 15.3. The minimum Gasteiger partial charge on any atom is -0.507 e. The van der Waals surface area contributed by atoms with Crippen molar-refractivity contribution in [3.8, 4) is 5.75 Å².